The summed E-state index contributed by atoms with van der Waals surface area (Å²) in [6.45, 7) is 6.01. The van der Waals surface area contributed by atoms with Crippen molar-refractivity contribution in [1.29, 1.82) is 0 Å². The number of carbonyl (C=O) groups excluding carboxylic acids is 1. The third-order valence-electron chi connectivity index (χ3n) is 2.59. The zero-order valence-electron chi connectivity index (χ0n) is 11.8. The van der Waals surface area contributed by atoms with Crippen LogP contribution in [0.25, 0.3) is 0 Å². The summed E-state index contributed by atoms with van der Waals surface area (Å²) >= 11 is 3.26. The van der Waals surface area contributed by atoms with E-state index in [4.69, 9.17) is 5.11 Å². The second kappa shape index (κ2) is 6.83. The van der Waals surface area contributed by atoms with E-state index in [2.05, 4.69) is 26.2 Å². The standard InChI is InChI=1S/C14H19BrN2O3/c1-14(2,3)8-9(7-11(18)19)17-13(20)12-10(15)5-4-6-16-12/h4-6,9H,7-8H2,1-3H3,(H,17,20)(H,18,19). The average Bonchev–Trinajstić information content (AvgIpc) is 2.25. The highest BCUT2D eigenvalue weighted by Crippen LogP contribution is 2.23. The molecule has 1 aromatic rings. The van der Waals surface area contributed by atoms with E-state index in [1.54, 1.807) is 12.1 Å². The number of halogens is 1. The Labute approximate surface area is 126 Å². The fourth-order valence-electron chi connectivity index (χ4n) is 1.93. The van der Waals surface area contributed by atoms with Gasteiger partial charge in [-0.05, 0) is 39.9 Å². The highest BCUT2D eigenvalue weighted by molar-refractivity contribution is 9.10. The van der Waals surface area contributed by atoms with Gasteiger partial charge < -0.3 is 10.4 Å². The smallest absolute Gasteiger partial charge is 0.305 e. The maximum absolute atomic E-state index is 12.1. The normalized spacial score (nSPS) is 12.8. The van der Waals surface area contributed by atoms with Gasteiger partial charge in [0.05, 0.1) is 6.42 Å². The van der Waals surface area contributed by atoms with Crippen molar-refractivity contribution in [2.45, 2.75) is 39.7 Å². The quantitative estimate of drug-likeness (QED) is 0.862. The molecule has 1 atom stereocenters. The van der Waals surface area contributed by atoms with Crippen LogP contribution in [0.15, 0.2) is 22.8 Å². The molecule has 1 unspecified atom stereocenters. The zero-order chi connectivity index (χ0) is 15.3. The molecule has 0 aromatic carbocycles. The highest BCUT2D eigenvalue weighted by atomic mass is 79.9. The van der Waals surface area contributed by atoms with E-state index >= 15 is 0 Å². The van der Waals surface area contributed by atoms with E-state index in [1.807, 2.05) is 20.8 Å². The largest absolute Gasteiger partial charge is 0.481 e. The molecule has 0 fully saturated rings. The van der Waals surface area contributed by atoms with Crippen molar-refractivity contribution in [2.75, 3.05) is 0 Å². The molecule has 0 aliphatic heterocycles. The molecule has 6 heteroatoms. The van der Waals surface area contributed by atoms with Gasteiger partial charge in [0.25, 0.3) is 5.91 Å². The SMILES string of the molecule is CC(C)(C)CC(CC(=O)O)NC(=O)c1ncccc1Br. The fraction of sp³-hybridized carbons (Fsp3) is 0.500. The Bertz CT molecular complexity index is 497. The average molecular weight is 343 g/mol. The molecule has 1 heterocycles. The van der Waals surface area contributed by atoms with E-state index in [-0.39, 0.29) is 23.4 Å². The van der Waals surface area contributed by atoms with E-state index < -0.39 is 12.0 Å². The highest BCUT2D eigenvalue weighted by Gasteiger charge is 2.24. The van der Waals surface area contributed by atoms with Crippen LogP contribution >= 0.6 is 15.9 Å². The summed E-state index contributed by atoms with van der Waals surface area (Å²) in [6.07, 6.45) is 2.00. The van der Waals surface area contributed by atoms with Gasteiger partial charge in [0.15, 0.2) is 0 Å². The summed E-state index contributed by atoms with van der Waals surface area (Å²) in [4.78, 5) is 27.1. The van der Waals surface area contributed by atoms with Crippen LogP contribution in [0.1, 0.15) is 44.1 Å². The first-order valence-electron chi connectivity index (χ1n) is 6.32. The van der Waals surface area contributed by atoms with Gasteiger partial charge in [-0.15, -0.1) is 0 Å². The number of pyridine rings is 1. The van der Waals surface area contributed by atoms with Crippen LogP contribution in [0.4, 0.5) is 0 Å². The summed E-state index contributed by atoms with van der Waals surface area (Å²) < 4.78 is 0.585. The minimum atomic E-state index is -0.931. The zero-order valence-corrected chi connectivity index (χ0v) is 13.4. The van der Waals surface area contributed by atoms with Gasteiger partial charge in [-0.2, -0.15) is 0 Å². The van der Waals surface area contributed by atoms with Gasteiger partial charge in [-0.25, -0.2) is 4.98 Å². The van der Waals surface area contributed by atoms with Crippen LogP contribution in [0.5, 0.6) is 0 Å². The molecule has 2 N–H and O–H groups in total. The second-order valence-corrected chi connectivity index (χ2v) is 6.72. The minimum absolute atomic E-state index is 0.0747. The van der Waals surface area contributed by atoms with E-state index in [0.717, 1.165) is 0 Å². The molecule has 0 saturated heterocycles. The maximum Gasteiger partial charge on any atom is 0.305 e. The number of aromatic nitrogens is 1. The molecule has 1 amide bonds. The number of carboxylic acid groups (broad SMARTS) is 1. The van der Waals surface area contributed by atoms with Gasteiger partial charge >= 0.3 is 5.97 Å². The molecule has 0 bridgehead atoms. The van der Waals surface area contributed by atoms with Gasteiger partial charge in [0, 0.05) is 16.7 Å². The Kier molecular flexibility index (Phi) is 5.68. The number of nitrogens with one attached hydrogen (secondary N) is 1. The maximum atomic E-state index is 12.1. The van der Waals surface area contributed by atoms with Gasteiger partial charge in [-0.3, -0.25) is 9.59 Å². The third-order valence-corrected chi connectivity index (χ3v) is 3.23. The first-order chi connectivity index (χ1) is 9.19. The lowest BCUT2D eigenvalue weighted by atomic mass is 9.87. The molecule has 1 aromatic heterocycles. The second-order valence-electron chi connectivity index (χ2n) is 5.87. The Morgan fingerprint density at radius 2 is 2.10 bits per heavy atom. The number of aliphatic carboxylic acids is 1. The van der Waals surface area contributed by atoms with Crippen molar-refractivity contribution in [2.24, 2.45) is 5.41 Å². The van der Waals surface area contributed by atoms with Crippen molar-refractivity contribution < 1.29 is 14.7 Å². The summed E-state index contributed by atoms with van der Waals surface area (Å²) in [5, 5.41) is 11.7. The minimum Gasteiger partial charge on any atom is -0.481 e. The van der Waals surface area contributed by atoms with E-state index in [9.17, 15) is 9.59 Å². The van der Waals surface area contributed by atoms with Crippen LogP contribution in [-0.4, -0.2) is 28.0 Å². The van der Waals surface area contributed by atoms with Crippen LogP contribution in [0.3, 0.4) is 0 Å². The molecule has 0 aliphatic rings. The molecule has 1 rings (SSSR count). The lowest BCUT2D eigenvalue weighted by Crippen LogP contribution is -2.39. The molecule has 0 saturated carbocycles. The molecule has 0 radical (unpaired) electrons. The Hall–Kier alpha value is -1.43. The Morgan fingerprint density at radius 3 is 2.60 bits per heavy atom. The Morgan fingerprint density at radius 1 is 1.45 bits per heavy atom. The van der Waals surface area contributed by atoms with Crippen LogP contribution in [-0.2, 0) is 4.79 Å². The monoisotopic (exact) mass is 342 g/mol. The predicted molar refractivity (Wildman–Crippen MR) is 79.5 cm³/mol. The molecule has 110 valence electrons. The summed E-state index contributed by atoms with van der Waals surface area (Å²) in [7, 11) is 0. The van der Waals surface area contributed by atoms with Gasteiger partial charge in [0.2, 0.25) is 0 Å². The topological polar surface area (TPSA) is 79.3 Å². The number of rotatable bonds is 5. The first kappa shape index (κ1) is 16.6. The molecule has 0 aliphatic carbocycles. The van der Waals surface area contributed by atoms with Crippen molar-refractivity contribution in [3.05, 3.63) is 28.5 Å². The summed E-state index contributed by atoms with van der Waals surface area (Å²) in [5.41, 5.74) is 0.186. The third kappa shape index (κ3) is 5.69. The lowest BCUT2D eigenvalue weighted by Gasteiger charge is -2.25. The number of carbonyl (C=O) groups is 2. The van der Waals surface area contributed by atoms with E-state index in [0.29, 0.717) is 10.9 Å². The number of nitrogens with zero attached hydrogens (tertiary/aromatic N) is 1. The van der Waals surface area contributed by atoms with Crippen LogP contribution < -0.4 is 5.32 Å². The van der Waals surface area contributed by atoms with Crippen molar-refractivity contribution in [3.8, 4) is 0 Å². The van der Waals surface area contributed by atoms with Crippen LogP contribution in [0.2, 0.25) is 0 Å². The van der Waals surface area contributed by atoms with Gasteiger partial charge in [-0.1, -0.05) is 20.8 Å². The van der Waals surface area contributed by atoms with Crippen molar-refractivity contribution in [3.63, 3.8) is 0 Å². The first-order valence-corrected chi connectivity index (χ1v) is 7.11. The van der Waals surface area contributed by atoms with Crippen molar-refractivity contribution in [1.82, 2.24) is 10.3 Å². The molecular weight excluding hydrogens is 324 g/mol. The summed E-state index contributed by atoms with van der Waals surface area (Å²) in [5.74, 6) is -1.30. The lowest BCUT2D eigenvalue weighted by molar-refractivity contribution is -0.137. The number of carboxylic acids is 1. The summed E-state index contributed by atoms with van der Waals surface area (Å²) in [6, 6.07) is 3.01. The molecule has 5 nitrogen and oxygen atoms in total. The Balaban J connectivity index is 2.81. The number of amides is 1. The predicted octanol–water partition coefficient (Wildman–Crippen LogP) is 2.85. The molecule has 20 heavy (non-hydrogen) atoms. The molecular formula is C14H19BrN2O3. The number of hydrogen-bond acceptors (Lipinski definition) is 3. The number of hydrogen-bond donors (Lipinski definition) is 2. The van der Waals surface area contributed by atoms with Crippen molar-refractivity contribution >= 4 is 27.8 Å². The van der Waals surface area contributed by atoms with Gasteiger partial charge in [0.1, 0.15) is 5.69 Å². The van der Waals surface area contributed by atoms with Crippen LogP contribution in [0, 0.1) is 5.41 Å². The fourth-order valence-corrected chi connectivity index (χ4v) is 2.37. The molecule has 0 spiro atoms. The van der Waals surface area contributed by atoms with E-state index in [1.165, 1.54) is 6.20 Å².